The lowest BCUT2D eigenvalue weighted by Crippen LogP contribution is -2.57. The quantitative estimate of drug-likeness (QED) is 0.172. The summed E-state index contributed by atoms with van der Waals surface area (Å²) >= 11 is 14.0. The van der Waals surface area contributed by atoms with Crippen LogP contribution in [0.25, 0.3) is 10.9 Å². The number of nitrogens with zero attached hydrogens (tertiary/aromatic N) is 3. The van der Waals surface area contributed by atoms with Gasteiger partial charge in [0.1, 0.15) is 4.75 Å². The molecular formula is C38H35Cl2N5O3S. The molecule has 8 nitrogen and oxygen atoms in total. The number of halogens is 2. The summed E-state index contributed by atoms with van der Waals surface area (Å²) in [6, 6.07) is 27.5. The first kappa shape index (κ1) is 33.1. The van der Waals surface area contributed by atoms with Crippen LogP contribution in [0.3, 0.4) is 0 Å². The number of nitrogens with two attached hydrogens (primary N) is 1. The number of benzene rings is 4. The van der Waals surface area contributed by atoms with Crippen molar-refractivity contribution < 1.29 is 14.4 Å². The largest absolute Gasteiger partial charge is 0.398 e. The van der Waals surface area contributed by atoms with E-state index in [0.717, 1.165) is 32.5 Å². The average molecular weight is 713 g/mol. The molecule has 2 aliphatic rings. The number of H-pyrrole nitrogens is 1. The molecule has 3 N–H and O–H groups in total. The summed E-state index contributed by atoms with van der Waals surface area (Å²) < 4.78 is -1.22. The molecule has 3 amide bonds. The highest BCUT2D eigenvalue weighted by atomic mass is 35.5. The molecule has 2 saturated heterocycles. The number of likely N-dealkylation sites (tertiary alicyclic amines) is 1. The number of thioether (sulfide) groups is 1. The number of aromatic nitrogens is 1. The Labute approximate surface area is 299 Å². The van der Waals surface area contributed by atoms with E-state index in [1.807, 2.05) is 89.7 Å². The molecule has 2 fully saturated rings. The lowest BCUT2D eigenvalue weighted by molar-refractivity contribution is -0.136. The van der Waals surface area contributed by atoms with Crippen molar-refractivity contribution in [3.05, 3.63) is 129 Å². The number of amides is 3. The van der Waals surface area contributed by atoms with Gasteiger partial charge in [0.25, 0.3) is 5.91 Å². The van der Waals surface area contributed by atoms with Crippen molar-refractivity contribution in [3.63, 3.8) is 0 Å². The van der Waals surface area contributed by atoms with Crippen LogP contribution < -0.4 is 5.73 Å². The molecule has 0 saturated carbocycles. The maximum absolute atomic E-state index is 15.2. The second kappa shape index (κ2) is 13.5. The number of piperazine rings is 1. The first-order valence-electron chi connectivity index (χ1n) is 16.1. The van der Waals surface area contributed by atoms with Crippen LogP contribution in [0.1, 0.15) is 39.5 Å². The molecule has 0 radical (unpaired) electrons. The van der Waals surface area contributed by atoms with Gasteiger partial charge in [0.15, 0.2) is 0 Å². The van der Waals surface area contributed by atoms with Gasteiger partial charge in [-0.3, -0.25) is 14.4 Å². The summed E-state index contributed by atoms with van der Waals surface area (Å²) in [6.45, 7) is 3.67. The molecule has 5 aromatic rings. The molecule has 250 valence electrons. The Morgan fingerprint density at radius 2 is 1.57 bits per heavy atom. The predicted octanol–water partition coefficient (Wildman–Crippen LogP) is 7.35. The summed E-state index contributed by atoms with van der Waals surface area (Å²) in [4.78, 5) is 52.6. The molecule has 7 rings (SSSR count). The van der Waals surface area contributed by atoms with Crippen LogP contribution in [0.15, 0.2) is 102 Å². The highest BCUT2D eigenvalue weighted by molar-refractivity contribution is 8.01. The molecule has 11 heteroatoms. The van der Waals surface area contributed by atoms with E-state index in [-0.39, 0.29) is 24.1 Å². The second-order valence-electron chi connectivity index (χ2n) is 12.6. The Hall–Kier alpha value is -4.44. The van der Waals surface area contributed by atoms with Crippen LogP contribution in [0.4, 0.5) is 5.69 Å². The average Bonchev–Trinajstić information content (AvgIpc) is 3.63. The summed E-state index contributed by atoms with van der Waals surface area (Å²) in [5, 5.41) is 2.08. The molecule has 2 aliphatic heterocycles. The van der Waals surface area contributed by atoms with Gasteiger partial charge >= 0.3 is 0 Å². The summed E-state index contributed by atoms with van der Waals surface area (Å²) in [5.74, 6) is -0.413. The smallest absolute Gasteiger partial charge is 0.256 e. The summed E-state index contributed by atoms with van der Waals surface area (Å²) in [7, 11) is 0. The molecular weight excluding hydrogens is 677 g/mol. The molecule has 49 heavy (non-hydrogen) atoms. The zero-order chi connectivity index (χ0) is 34.3. The van der Waals surface area contributed by atoms with E-state index in [4.69, 9.17) is 28.9 Å². The van der Waals surface area contributed by atoms with E-state index in [2.05, 4.69) is 4.98 Å². The first-order valence-corrected chi connectivity index (χ1v) is 17.7. The highest BCUT2D eigenvalue weighted by Crippen LogP contribution is 2.55. The van der Waals surface area contributed by atoms with Crippen molar-refractivity contribution in [2.45, 2.75) is 35.6 Å². The van der Waals surface area contributed by atoms with Crippen molar-refractivity contribution in [1.29, 1.82) is 0 Å². The third-order valence-corrected chi connectivity index (χ3v) is 11.4. The fourth-order valence-corrected chi connectivity index (χ4v) is 8.71. The monoisotopic (exact) mass is 711 g/mol. The minimum absolute atomic E-state index is 0.00257. The Morgan fingerprint density at radius 3 is 2.29 bits per heavy atom. The number of nitrogens with one attached hydrogen (secondary N) is 1. The van der Waals surface area contributed by atoms with E-state index in [0.29, 0.717) is 54.0 Å². The molecule has 2 atom stereocenters. The molecule has 3 heterocycles. The number of aryl methyl sites for hydroxylation is 1. The van der Waals surface area contributed by atoms with Gasteiger partial charge < -0.3 is 25.4 Å². The Morgan fingerprint density at radius 1 is 0.898 bits per heavy atom. The van der Waals surface area contributed by atoms with E-state index in [9.17, 15) is 9.59 Å². The van der Waals surface area contributed by atoms with E-state index in [1.165, 1.54) is 11.8 Å². The maximum Gasteiger partial charge on any atom is 0.256 e. The zero-order valence-electron chi connectivity index (χ0n) is 26.9. The van der Waals surface area contributed by atoms with Gasteiger partial charge in [-0.2, -0.15) is 0 Å². The van der Waals surface area contributed by atoms with Crippen molar-refractivity contribution >= 4 is 69.3 Å². The highest BCUT2D eigenvalue weighted by Gasteiger charge is 2.60. The Bertz CT molecular complexity index is 2040. The number of nitrogen functional groups attached to an aromatic ring is 1. The molecule has 0 aliphatic carbocycles. The number of hydrogen-bond donors (Lipinski definition) is 2. The van der Waals surface area contributed by atoms with Crippen molar-refractivity contribution in [2.75, 3.05) is 31.9 Å². The van der Waals surface area contributed by atoms with Crippen molar-refractivity contribution in [1.82, 2.24) is 19.7 Å². The SMILES string of the molecule is Cc1ccc(S[C@@]2(C(=O)N3CCN(C(=O)c4ccccc4N)CC3)CC(=O)N(Cc3ccc(Cl)cc3)[C@H]2c2c[nH]c3cc(Cl)ccc23)cc1. The third kappa shape index (κ3) is 6.38. The normalized spacial score (nSPS) is 19.5. The van der Waals surface area contributed by atoms with Gasteiger partial charge in [-0.05, 0) is 61.0 Å². The van der Waals surface area contributed by atoms with Gasteiger partial charge in [-0.15, -0.1) is 11.8 Å². The van der Waals surface area contributed by atoms with Crippen LogP contribution >= 0.6 is 35.0 Å². The number of rotatable bonds is 7. The molecule has 0 bridgehead atoms. The van der Waals surface area contributed by atoms with Crippen LogP contribution in [0.2, 0.25) is 10.0 Å². The van der Waals surface area contributed by atoms with E-state index >= 15 is 4.79 Å². The number of aromatic amines is 1. The predicted molar refractivity (Wildman–Crippen MR) is 196 cm³/mol. The second-order valence-corrected chi connectivity index (χ2v) is 14.9. The standard InChI is InChI=1S/C38H35Cl2N5O3S/c1-24-6-13-28(14-7-24)49-38(37(48)44-18-16-43(17-19-44)36(47)30-4-2-3-5-32(30)41)21-34(46)45(23-25-8-10-26(39)11-9-25)35(38)31-22-42-33-20-27(40)12-15-29(31)33/h2-15,20,22,35,42H,16-19,21,23,41H2,1H3/t35-,38-/m0/s1. The lowest BCUT2D eigenvalue weighted by Gasteiger charge is -2.42. The fraction of sp³-hybridized carbons (Fsp3) is 0.237. The van der Waals surface area contributed by atoms with Crippen LogP contribution in [0.5, 0.6) is 0 Å². The van der Waals surface area contributed by atoms with Gasteiger partial charge in [-0.1, -0.05) is 71.2 Å². The first-order chi connectivity index (χ1) is 23.6. The Kier molecular flexibility index (Phi) is 9.09. The van der Waals surface area contributed by atoms with Gasteiger partial charge in [-0.25, -0.2) is 0 Å². The number of anilines is 1. The summed E-state index contributed by atoms with van der Waals surface area (Å²) in [5.41, 5.74) is 10.7. The van der Waals surface area contributed by atoms with Gasteiger partial charge in [0, 0.05) is 76.0 Å². The number of carbonyl (C=O) groups excluding carboxylic acids is 3. The fourth-order valence-electron chi connectivity index (χ4n) is 6.94. The lowest BCUT2D eigenvalue weighted by atomic mass is 9.90. The number of carbonyl (C=O) groups is 3. The van der Waals surface area contributed by atoms with Crippen LogP contribution in [-0.4, -0.2) is 68.3 Å². The number of hydrogen-bond acceptors (Lipinski definition) is 5. The molecule has 0 spiro atoms. The van der Waals surface area contributed by atoms with Crippen LogP contribution in [-0.2, 0) is 16.1 Å². The molecule has 4 aromatic carbocycles. The van der Waals surface area contributed by atoms with Gasteiger partial charge in [0.05, 0.1) is 18.0 Å². The van der Waals surface area contributed by atoms with Crippen molar-refractivity contribution in [2.24, 2.45) is 0 Å². The van der Waals surface area contributed by atoms with E-state index < -0.39 is 10.8 Å². The number of fused-ring (bicyclic) bond motifs is 1. The minimum atomic E-state index is -1.22. The molecule has 1 aromatic heterocycles. The maximum atomic E-state index is 15.2. The number of para-hydroxylation sites is 1. The minimum Gasteiger partial charge on any atom is -0.398 e. The topological polar surface area (TPSA) is 103 Å². The third-order valence-electron chi connectivity index (χ3n) is 9.45. The Balaban J connectivity index is 1.29. The zero-order valence-corrected chi connectivity index (χ0v) is 29.2. The van der Waals surface area contributed by atoms with E-state index in [1.54, 1.807) is 29.2 Å². The molecule has 0 unspecified atom stereocenters. The van der Waals surface area contributed by atoms with Gasteiger partial charge in [0.2, 0.25) is 11.8 Å². The van der Waals surface area contributed by atoms with Crippen LogP contribution in [0, 0.1) is 6.92 Å². The summed E-state index contributed by atoms with van der Waals surface area (Å²) in [6.07, 6.45) is 1.90. The van der Waals surface area contributed by atoms with Crippen molar-refractivity contribution in [3.8, 4) is 0 Å².